The molecule has 0 unspecified atom stereocenters. The summed E-state index contributed by atoms with van der Waals surface area (Å²) in [6.07, 6.45) is 2.07. The standard InChI is InChI=1S/C6H14Cl2S2Si/c7-11(8,5-1-3-9)6-2-4-10/h9-10H,1-6H2. The highest BCUT2D eigenvalue weighted by Gasteiger charge is 2.26. The Hall–Kier alpha value is 1.50. The molecule has 0 aromatic heterocycles. The first kappa shape index (κ1) is 12.5. The van der Waals surface area contributed by atoms with Crippen LogP contribution in [0.15, 0.2) is 0 Å². The van der Waals surface area contributed by atoms with Gasteiger partial charge in [0.25, 0.3) is 6.69 Å². The second-order valence-corrected chi connectivity index (χ2v) is 11.0. The van der Waals surface area contributed by atoms with Gasteiger partial charge in [-0.1, -0.05) is 0 Å². The maximum Gasteiger partial charge on any atom is 0.251 e. The van der Waals surface area contributed by atoms with Crippen molar-refractivity contribution < 1.29 is 0 Å². The van der Waals surface area contributed by atoms with Gasteiger partial charge in [0.1, 0.15) is 0 Å². The van der Waals surface area contributed by atoms with Crippen molar-refractivity contribution in [3.05, 3.63) is 0 Å². The third-order valence-corrected chi connectivity index (χ3v) is 6.47. The van der Waals surface area contributed by atoms with Gasteiger partial charge in [-0.3, -0.25) is 0 Å². The third-order valence-electron chi connectivity index (χ3n) is 1.40. The Morgan fingerprint density at radius 1 is 0.909 bits per heavy atom. The van der Waals surface area contributed by atoms with Crippen molar-refractivity contribution in [3.63, 3.8) is 0 Å². The van der Waals surface area contributed by atoms with Crippen LogP contribution in [0.2, 0.25) is 12.1 Å². The maximum atomic E-state index is 6.13. The lowest BCUT2D eigenvalue weighted by Crippen LogP contribution is -2.18. The zero-order chi connectivity index (χ0) is 8.74. The van der Waals surface area contributed by atoms with Crippen LogP contribution < -0.4 is 0 Å². The predicted octanol–water partition coefficient (Wildman–Crippen LogP) is 3.55. The van der Waals surface area contributed by atoms with E-state index in [0.717, 1.165) is 36.4 Å². The lowest BCUT2D eigenvalue weighted by atomic mass is 10.6. The van der Waals surface area contributed by atoms with Crippen LogP contribution in [0.4, 0.5) is 0 Å². The van der Waals surface area contributed by atoms with Crippen molar-refractivity contribution in [2.24, 2.45) is 0 Å². The minimum Gasteiger partial charge on any atom is -0.179 e. The molecule has 0 amide bonds. The molecule has 0 aliphatic carbocycles. The quantitative estimate of drug-likeness (QED) is 0.401. The topological polar surface area (TPSA) is 0 Å². The zero-order valence-electron chi connectivity index (χ0n) is 6.39. The molecule has 68 valence electrons. The molecule has 0 saturated carbocycles. The second-order valence-electron chi connectivity index (χ2n) is 2.51. The van der Waals surface area contributed by atoms with Gasteiger partial charge in [-0.2, -0.15) is 25.3 Å². The van der Waals surface area contributed by atoms with E-state index in [4.69, 9.17) is 22.2 Å². The average Bonchev–Trinajstić information content (AvgIpc) is 1.97. The minimum absolute atomic E-state index is 0.884. The molecule has 0 nitrogen and oxygen atoms in total. The first-order valence-electron chi connectivity index (χ1n) is 3.72. The zero-order valence-corrected chi connectivity index (χ0v) is 10.7. The Balaban J connectivity index is 3.43. The molecule has 0 aliphatic rings. The highest BCUT2D eigenvalue weighted by Crippen LogP contribution is 2.28. The molecule has 0 atom stereocenters. The van der Waals surface area contributed by atoms with Crippen molar-refractivity contribution in [2.45, 2.75) is 24.9 Å². The molecule has 0 saturated heterocycles. The van der Waals surface area contributed by atoms with E-state index in [0.29, 0.717) is 0 Å². The summed E-state index contributed by atoms with van der Waals surface area (Å²) in [6.45, 7) is -1.90. The van der Waals surface area contributed by atoms with Gasteiger partial charge >= 0.3 is 0 Å². The van der Waals surface area contributed by atoms with Crippen molar-refractivity contribution in [3.8, 4) is 0 Å². The lowest BCUT2D eigenvalue weighted by molar-refractivity contribution is 1.03. The van der Waals surface area contributed by atoms with Gasteiger partial charge in [0.15, 0.2) is 0 Å². The van der Waals surface area contributed by atoms with Crippen molar-refractivity contribution >= 4 is 54.1 Å². The molecule has 11 heavy (non-hydrogen) atoms. The van der Waals surface area contributed by atoms with Crippen LogP contribution in [-0.4, -0.2) is 18.2 Å². The Kier molecular flexibility index (Phi) is 7.90. The van der Waals surface area contributed by atoms with E-state index >= 15 is 0 Å². The molecule has 0 aromatic rings. The monoisotopic (exact) mass is 248 g/mol. The Morgan fingerprint density at radius 2 is 1.27 bits per heavy atom. The van der Waals surface area contributed by atoms with Gasteiger partial charge in [0.05, 0.1) is 0 Å². The highest BCUT2D eigenvalue weighted by atomic mass is 35.7. The molecule has 0 fully saturated rings. The van der Waals surface area contributed by atoms with Gasteiger partial charge in [0, 0.05) is 0 Å². The van der Waals surface area contributed by atoms with Gasteiger partial charge in [-0.05, 0) is 36.4 Å². The highest BCUT2D eigenvalue weighted by molar-refractivity contribution is 7.80. The van der Waals surface area contributed by atoms with E-state index in [1.54, 1.807) is 0 Å². The summed E-state index contributed by atoms with van der Waals surface area (Å²) in [5, 5.41) is 0. The van der Waals surface area contributed by atoms with E-state index in [2.05, 4.69) is 25.3 Å². The van der Waals surface area contributed by atoms with Gasteiger partial charge in [-0.15, -0.1) is 22.2 Å². The smallest absolute Gasteiger partial charge is 0.179 e. The molecular weight excluding hydrogens is 235 g/mol. The van der Waals surface area contributed by atoms with E-state index in [-0.39, 0.29) is 0 Å². The molecule has 0 heterocycles. The number of hydrogen-bond acceptors (Lipinski definition) is 2. The van der Waals surface area contributed by atoms with Crippen molar-refractivity contribution in [2.75, 3.05) is 11.5 Å². The van der Waals surface area contributed by atoms with E-state index < -0.39 is 6.69 Å². The lowest BCUT2D eigenvalue weighted by Gasteiger charge is -2.14. The molecule has 5 heteroatoms. The minimum atomic E-state index is -1.90. The fraction of sp³-hybridized carbons (Fsp3) is 1.00. The summed E-state index contributed by atoms with van der Waals surface area (Å²) in [7, 11) is 0. The molecule has 0 spiro atoms. The number of rotatable bonds is 6. The fourth-order valence-electron chi connectivity index (χ4n) is 0.800. The van der Waals surface area contributed by atoms with Gasteiger partial charge in [-0.25, -0.2) is 0 Å². The van der Waals surface area contributed by atoms with Gasteiger partial charge in [0.2, 0.25) is 0 Å². The largest absolute Gasteiger partial charge is 0.251 e. The van der Waals surface area contributed by atoms with Crippen molar-refractivity contribution in [1.29, 1.82) is 0 Å². The van der Waals surface area contributed by atoms with Crippen LogP contribution in [0, 0.1) is 0 Å². The third kappa shape index (κ3) is 7.84. The summed E-state index contributed by atoms with van der Waals surface area (Å²) in [4.78, 5) is 0. The molecule has 0 radical (unpaired) electrons. The first-order valence-corrected chi connectivity index (χ1v) is 9.42. The van der Waals surface area contributed by atoms with Crippen molar-refractivity contribution in [1.82, 2.24) is 0 Å². The summed E-state index contributed by atoms with van der Waals surface area (Å²) in [5.74, 6) is 1.77. The Bertz CT molecular complexity index is 90.6. The fourth-order valence-corrected chi connectivity index (χ4v) is 4.95. The van der Waals surface area contributed by atoms with Crippen LogP contribution in [0.25, 0.3) is 0 Å². The van der Waals surface area contributed by atoms with Crippen LogP contribution in [0.3, 0.4) is 0 Å². The molecule has 0 aliphatic heterocycles. The average molecular weight is 249 g/mol. The van der Waals surface area contributed by atoms with Crippen LogP contribution in [-0.2, 0) is 0 Å². The van der Waals surface area contributed by atoms with Crippen LogP contribution in [0.5, 0.6) is 0 Å². The van der Waals surface area contributed by atoms with E-state index in [9.17, 15) is 0 Å². The summed E-state index contributed by atoms with van der Waals surface area (Å²) >= 11 is 20.5. The number of thiol groups is 2. The van der Waals surface area contributed by atoms with E-state index in [1.807, 2.05) is 0 Å². The SMILES string of the molecule is SCCC[Si](Cl)(Cl)CCCS. The van der Waals surface area contributed by atoms with Gasteiger partial charge < -0.3 is 0 Å². The second kappa shape index (κ2) is 6.95. The van der Waals surface area contributed by atoms with E-state index in [1.165, 1.54) is 0 Å². The molecule has 0 N–H and O–H groups in total. The Labute approximate surface area is 90.3 Å². The first-order chi connectivity index (χ1) is 5.12. The summed E-state index contributed by atoms with van der Waals surface area (Å²) in [5.41, 5.74) is 0. The molecule has 0 aromatic carbocycles. The number of hydrogen-bond donors (Lipinski definition) is 2. The summed E-state index contributed by atoms with van der Waals surface area (Å²) in [6, 6.07) is 1.93. The molecule has 0 rings (SSSR count). The molecular formula is C6H14Cl2S2Si. The van der Waals surface area contributed by atoms with Crippen LogP contribution >= 0.6 is 47.4 Å². The Morgan fingerprint density at radius 3 is 1.55 bits per heavy atom. The van der Waals surface area contributed by atoms with Crippen LogP contribution in [0.1, 0.15) is 12.8 Å². The number of halogens is 2. The normalized spacial score (nSPS) is 12.0. The maximum absolute atomic E-state index is 6.13. The summed E-state index contributed by atoms with van der Waals surface area (Å²) < 4.78 is 0. The molecule has 0 bridgehead atoms. The predicted molar refractivity (Wildman–Crippen MR) is 64.0 cm³/mol.